The van der Waals surface area contributed by atoms with Crippen molar-refractivity contribution in [1.29, 1.82) is 0 Å². The molecule has 0 radical (unpaired) electrons. The van der Waals surface area contributed by atoms with Crippen LogP contribution in [0.5, 0.6) is 0 Å². The van der Waals surface area contributed by atoms with Gasteiger partial charge in [0.05, 0.1) is 0 Å². The number of aromatic nitrogens is 4. The second-order valence-electron chi connectivity index (χ2n) is 6.09. The van der Waals surface area contributed by atoms with Gasteiger partial charge in [-0.15, -0.1) is 5.10 Å². The number of anilines is 1. The summed E-state index contributed by atoms with van der Waals surface area (Å²) in [5.74, 6) is -1.04. The number of aryl methyl sites for hydroxylation is 3. The average Bonchev–Trinajstić information content (AvgIpc) is 3.01. The Kier molecular flexibility index (Phi) is 4.66. The predicted octanol–water partition coefficient (Wildman–Crippen LogP) is 2.23. The molecule has 0 bridgehead atoms. The number of carbonyl (C=O) groups is 2. The van der Waals surface area contributed by atoms with Crippen molar-refractivity contribution in [2.24, 2.45) is 0 Å². The van der Waals surface area contributed by atoms with E-state index in [1.54, 1.807) is 12.1 Å². The minimum atomic E-state index is -0.994. The van der Waals surface area contributed by atoms with E-state index in [0.29, 0.717) is 11.5 Å². The molecule has 0 saturated heterocycles. The monoisotopic (exact) mass is 353 g/mol. The van der Waals surface area contributed by atoms with Crippen LogP contribution in [-0.4, -0.2) is 37.6 Å². The summed E-state index contributed by atoms with van der Waals surface area (Å²) >= 11 is 0. The van der Waals surface area contributed by atoms with Crippen LogP contribution in [0, 0.1) is 20.8 Å². The molecule has 0 aliphatic carbocycles. The van der Waals surface area contributed by atoms with Crippen LogP contribution in [0.25, 0.3) is 5.78 Å². The fourth-order valence-electron chi connectivity index (χ4n) is 2.40. The molecule has 1 aromatic carbocycles. The maximum atomic E-state index is 12.3. The average molecular weight is 353 g/mol. The topological polar surface area (TPSA) is 98.5 Å². The highest BCUT2D eigenvalue weighted by Gasteiger charge is 2.23. The Morgan fingerprint density at radius 1 is 1.12 bits per heavy atom. The Hall–Kier alpha value is -3.29. The Bertz CT molecular complexity index is 978. The van der Waals surface area contributed by atoms with E-state index in [-0.39, 0.29) is 5.82 Å². The van der Waals surface area contributed by atoms with Crippen molar-refractivity contribution in [3.63, 3.8) is 0 Å². The van der Waals surface area contributed by atoms with Crippen molar-refractivity contribution in [3.05, 3.63) is 53.1 Å². The van der Waals surface area contributed by atoms with Gasteiger partial charge >= 0.3 is 5.97 Å². The minimum Gasteiger partial charge on any atom is -0.447 e. The van der Waals surface area contributed by atoms with Crippen LogP contribution >= 0.6 is 0 Å². The lowest BCUT2D eigenvalue weighted by molar-refractivity contribution is -0.123. The number of carbonyl (C=O) groups excluding carboxylic acids is 2. The van der Waals surface area contributed by atoms with Gasteiger partial charge in [-0.1, -0.05) is 17.7 Å². The summed E-state index contributed by atoms with van der Waals surface area (Å²) < 4.78 is 6.64. The summed E-state index contributed by atoms with van der Waals surface area (Å²) in [6.07, 6.45) is -0.994. The van der Waals surface area contributed by atoms with Crippen molar-refractivity contribution in [1.82, 2.24) is 19.6 Å². The van der Waals surface area contributed by atoms with Crippen LogP contribution in [0.4, 0.5) is 5.69 Å². The molecule has 0 unspecified atom stereocenters. The first-order chi connectivity index (χ1) is 12.3. The molecule has 0 fully saturated rings. The molecule has 0 aliphatic rings. The van der Waals surface area contributed by atoms with Gasteiger partial charge in [-0.2, -0.15) is 4.98 Å². The van der Waals surface area contributed by atoms with E-state index in [4.69, 9.17) is 4.74 Å². The molecule has 2 aromatic heterocycles. The highest BCUT2D eigenvalue weighted by atomic mass is 16.5. The van der Waals surface area contributed by atoms with Crippen LogP contribution in [-0.2, 0) is 9.53 Å². The third-order valence-corrected chi connectivity index (χ3v) is 3.77. The van der Waals surface area contributed by atoms with Gasteiger partial charge in [0.25, 0.3) is 17.5 Å². The van der Waals surface area contributed by atoms with E-state index in [1.165, 1.54) is 11.4 Å². The zero-order valence-corrected chi connectivity index (χ0v) is 15.0. The molecule has 1 amide bonds. The number of nitrogens with one attached hydrogen (secondary N) is 1. The normalized spacial score (nSPS) is 12.0. The lowest BCUT2D eigenvalue weighted by Gasteiger charge is -2.12. The fourth-order valence-corrected chi connectivity index (χ4v) is 2.40. The van der Waals surface area contributed by atoms with E-state index in [1.807, 2.05) is 39.0 Å². The number of benzene rings is 1. The summed E-state index contributed by atoms with van der Waals surface area (Å²) in [7, 11) is 0. The van der Waals surface area contributed by atoms with E-state index in [2.05, 4.69) is 20.4 Å². The number of fused-ring (bicyclic) bond motifs is 1. The summed E-state index contributed by atoms with van der Waals surface area (Å²) in [5, 5.41) is 6.79. The van der Waals surface area contributed by atoms with Crippen LogP contribution in [0.2, 0.25) is 0 Å². The number of esters is 1. The molecule has 0 spiro atoms. The zero-order chi connectivity index (χ0) is 18.8. The second kappa shape index (κ2) is 6.91. The van der Waals surface area contributed by atoms with Crippen LogP contribution < -0.4 is 5.32 Å². The van der Waals surface area contributed by atoms with Gasteiger partial charge < -0.3 is 10.1 Å². The van der Waals surface area contributed by atoms with Gasteiger partial charge in [0.15, 0.2) is 6.10 Å². The standard InChI is InChI=1S/C18H19N5O3/c1-10-5-7-14(8-6-10)20-16(24)13(4)26-17(25)15-21-18-19-11(2)9-12(3)23(18)22-15/h5-9,13H,1-4H3,(H,20,24)/t13-/m1/s1. The van der Waals surface area contributed by atoms with Crippen molar-refractivity contribution < 1.29 is 14.3 Å². The Morgan fingerprint density at radius 2 is 1.81 bits per heavy atom. The van der Waals surface area contributed by atoms with Gasteiger partial charge in [-0.05, 0) is 45.9 Å². The first-order valence-corrected chi connectivity index (χ1v) is 8.13. The molecule has 8 heteroatoms. The fraction of sp³-hybridized carbons (Fsp3) is 0.278. The smallest absolute Gasteiger partial charge is 0.379 e. The molecule has 3 aromatic rings. The van der Waals surface area contributed by atoms with E-state index in [9.17, 15) is 9.59 Å². The molecule has 134 valence electrons. The quantitative estimate of drug-likeness (QED) is 0.722. The zero-order valence-electron chi connectivity index (χ0n) is 15.0. The molecule has 3 rings (SSSR count). The summed E-state index contributed by atoms with van der Waals surface area (Å²) in [4.78, 5) is 32.7. The van der Waals surface area contributed by atoms with Gasteiger partial charge in [0.1, 0.15) is 0 Å². The lowest BCUT2D eigenvalue weighted by atomic mass is 10.2. The van der Waals surface area contributed by atoms with Gasteiger partial charge in [-0.3, -0.25) is 4.79 Å². The van der Waals surface area contributed by atoms with E-state index >= 15 is 0 Å². The van der Waals surface area contributed by atoms with Gasteiger partial charge in [0.2, 0.25) is 0 Å². The summed E-state index contributed by atoms with van der Waals surface area (Å²) in [6, 6.07) is 9.15. The van der Waals surface area contributed by atoms with E-state index < -0.39 is 18.0 Å². The number of rotatable bonds is 4. The lowest BCUT2D eigenvalue weighted by Crippen LogP contribution is -2.30. The van der Waals surface area contributed by atoms with Crippen LogP contribution in [0.1, 0.15) is 34.5 Å². The Labute approximate surface area is 150 Å². The summed E-state index contributed by atoms with van der Waals surface area (Å²) in [5.41, 5.74) is 3.28. The van der Waals surface area contributed by atoms with Crippen LogP contribution in [0.15, 0.2) is 30.3 Å². The first kappa shape index (κ1) is 17.5. The minimum absolute atomic E-state index is 0.138. The molecule has 26 heavy (non-hydrogen) atoms. The molecule has 1 atom stereocenters. The molecular weight excluding hydrogens is 334 g/mol. The van der Waals surface area contributed by atoms with Crippen molar-refractivity contribution in [2.45, 2.75) is 33.8 Å². The first-order valence-electron chi connectivity index (χ1n) is 8.13. The largest absolute Gasteiger partial charge is 0.447 e. The molecule has 1 N–H and O–H groups in total. The number of hydrogen-bond donors (Lipinski definition) is 1. The molecular formula is C18H19N5O3. The predicted molar refractivity (Wildman–Crippen MR) is 94.9 cm³/mol. The molecule has 2 heterocycles. The highest BCUT2D eigenvalue weighted by Crippen LogP contribution is 2.11. The molecule has 0 aliphatic heterocycles. The Morgan fingerprint density at radius 3 is 2.50 bits per heavy atom. The van der Waals surface area contributed by atoms with Gasteiger partial charge in [-0.25, -0.2) is 14.3 Å². The second-order valence-corrected chi connectivity index (χ2v) is 6.09. The van der Waals surface area contributed by atoms with Crippen molar-refractivity contribution in [2.75, 3.05) is 5.32 Å². The van der Waals surface area contributed by atoms with Crippen molar-refractivity contribution >= 4 is 23.3 Å². The maximum Gasteiger partial charge on any atom is 0.379 e. The third kappa shape index (κ3) is 3.69. The van der Waals surface area contributed by atoms with Crippen LogP contribution in [0.3, 0.4) is 0 Å². The van der Waals surface area contributed by atoms with Crippen molar-refractivity contribution in [3.8, 4) is 0 Å². The highest BCUT2D eigenvalue weighted by molar-refractivity contribution is 5.96. The number of amides is 1. The molecule has 8 nitrogen and oxygen atoms in total. The number of ether oxygens (including phenoxy) is 1. The molecule has 0 saturated carbocycles. The maximum absolute atomic E-state index is 12.3. The third-order valence-electron chi connectivity index (χ3n) is 3.77. The van der Waals surface area contributed by atoms with E-state index in [0.717, 1.165) is 17.0 Å². The SMILES string of the molecule is Cc1ccc(NC(=O)[C@@H](C)OC(=O)c2nc3nc(C)cc(C)n3n2)cc1. The van der Waals surface area contributed by atoms with Gasteiger partial charge in [0, 0.05) is 17.1 Å². The Balaban J connectivity index is 1.69. The number of hydrogen-bond acceptors (Lipinski definition) is 6. The summed E-state index contributed by atoms with van der Waals surface area (Å²) in [6.45, 7) is 7.11. The number of nitrogens with zero attached hydrogens (tertiary/aromatic N) is 4.